The molecule has 0 fully saturated rings. The zero-order valence-corrected chi connectivity index (χ0v) is 62.3. The molecule has 514 valence electrons. The molecule has 1 atom stereocenters. The van der Waals surface area contributed by atoms with Crippen LogP contribution in [0.4, 0.5) is 0 Å². The quantitative estimate of drug-likeness (QED) is 0.0640. The number of carbonyl (C=O) groups is 5. The first-order chi connectivity index (χ1) is 49.0. The Balaban J connectivity index is 0.000000159. The fourth-order valence-electron chi connectivity index (χ4n) is 11.6. The van der Waals surface area contributed by atoms with E-state index in [4.69, 9.17) is 0 Å². The van der Waals surface area contributed by atoms with Crippen molar-refractivity contribution >= 4 is 93.3 Å². The minimum atomic E-state index is -3.98. The molecule has 0 bridgehead atoms. The molecule has 0 aromatic heterocycles. The molecule has 0 aliphatic rings. The van der Waals surface area contributed by atoms with Crippen LogP contribution in [0.2, 0.25) is 0 Å². The Morgan fingerprint density at radius 2 is 0.412 bits per heavy atom. The molecule has 0 saturated carbocycles. The van der Waals surface area contributed by atoms with E-state index in [1.54, 1.807) is 152 Å². The van der Waals surface area contributed by atoms with Crippen LogP contribution >= 0.6 is 28.6 Å². The maximum atomic E-state index is 14.5. The number of hydrogen-bond donors (Lipinski definition) is 0. The Kier molecular flexibility index (Phi) is 26.1. The molecule has 12 aromatic rings. The zero-order chi connectivity index (χ0) is 73.0. The van der Waals surface area contributed by atoms with Gasteiger partial charge in [-0.05, 0) is 63.5 Å². The van der Waals surface area contributed by atoms with E-state index in [0.717, 1.165) is 35.1 Å². The molecule has 0 amide bonds. The van der Waals surface area contributed by atoms with Crippen LogP contribution in [0.5, 0.6) is 0 Å². The van der Waals surface area contributed by atoms with E-state index in [0.29, 0.717) is 60.4 Å². The predicted molar refractivity (Wildman–Crippen MR) is 423 cm³/mol. The van der Waals surface area contributed by atoms with Crippen molar-refractivity contribution in [2.45, 2.75) is 68.2 Å². The standard InChI is InChI=1S/C28H33O2P.C22H21O2P.C20H15O3P.C19H15O2P/c1-20(2)18-23-8-12-25(13-9-23)28(29)31(30,26-14-6-22(5)7-15-26)27-16-10-24(11-17-27)19-21(3)4;1-16-4-10-19(11-5-16)22(23)25(24,20-12-6-17(2)7-13-20)21-14-8-18(3)9-15-21;21-19(16-10-4-1-5-11-16)24(23,18-14-8-3-9-15-18)20(22)17-12-6-2-7-13-17;20-19(16-10-4-1-5-11-16)22(21,17-12-6-2-7-13-17)18-14-8-3-9-15-18/h6-17,20-21H,18-19H2,1-5H3;4-15H,1-3H3;1-15H;1-15H. The van der Waals surface area contributed by atoms with Crippen molar-refractivity contribution < 1.29 is 42.2 Å². The van der Waals surface area contributed by atoms with Crippen LogP contribution in [-0.2, 0) is 31.1 Å². The number of carbonyl (C=O) groups excluding carboxylic acids is 5. The van der Waals surface area contributed by atoms with Crippen LogP contribution in [0.1, 0.15) is 113 Å². The average Bonchev–Trinajstić information content (AvgIpc) is 0.786. The van der Waals surface area contributed by atoms with E-state index < -0.39 is 39.6 Å². The van der Waals surface area contributed by atoms with Crippen molar-refractivity contribution in [1.29, 1.82) is 0 Å². The zero-order valence-electron chi connectivity index (χ0n) is 58.7. The van der Waals surface area contributed by atoms with E-state index in [-0.39, 0.29) is 33.0 Å². The van der Waals surface area contributed by atoms with Crippen LogP contribution in [0.3, 0.4) is 0 Å². The van der Waals surface area contributed by atoms with Crippen LogP contribution < -0.4 is 37.1 Å². The molecule has 12 aromatic carbocycles. The number of hydrogen-bond acceptors (Lipinski definition) is 9. The molecule has 102 heavy (non-hydrogen) atoms. The van der Waals surface area contributed by atoms with Crippen molar-refractivity contribution in [1.82, 2.24) is 0 Å². The Morgan fingerprint density at radius 1 is 0.225 bits per heavy atom. The van der Waals surface area contributed by atoms with Crippen LogP contribution in [0, 0.1) is 39.5 Å². The third-order valence-electron chi connectivity index (χ3n) is 17.1. The molecular weight excluding hydrogens is 1340 g/mol. The summed E-state index contributed by atoms with van der Waals surface area (Å²) in [6, 6.07) is 96.7. The van der Waals surface area contributed by atoms with Gasteiger partial charge in [0.2, 0.25) is 56.2 Å². The summed E-state index contributed by atoms with van der Waals surface area (Å²) in [5.74, 6) is 1.09. The van der Waals surface area contributed by atoms with Gasteiger partial charge in [0.05, 0.1) is 0 Å². The van der Waals surface area contributed by atoms with Crippen molar-refractivity contribution in [2.24, 2.45) is 11.8 Å². The average molecular weight is 1420 g/mol. The monoisotopic (exact) mass is 1420 g/mol. The lowest BCUT2D eigenvalue weighted by molar-refractivity contribution is 0.103. The third-order valence-corrected chi connectivity index (χ3v) is 28.5. The lowest BCUT2D eigenvalue weighted by atomic mass is 10.0. The number of aryl methyl sites for hydroxylation is 4. The van der Waals surface area contributed by atoms with Crippen molar-refractivity contribution in [3.63, 3.8) is 0 Å². The highest BCUT2D eigenvalue weighted by atomic mass is 31.2. The van der Waals surface area contributed by atoms with Gasteiger partial charge in [-0.25, -0.2) is 0 Å². The molecule has 0 heterocycles. The first kappa shape index (κ1) is 76.1. The largest absolute Gasteiger partial charge is 0.305 e. The second-order valence-corrected chi connectivity index (χ2v) is 36.5. The Morgan fingerprint density at radius 3 is 0.676 bits per heavy atom. The maximum Gasteiger partial charge on any atom is 0.248 e. The summed E-state index contributed by atoms with van der Waals surface area (Å²) in [7, 11) is -14.3. The number of rotatable bonds is 21. The van der Waals surface area contributed by atoms with Gasteiger partial charge in [-0.1, -0.05) is 378 Å². The molecule has 0 N–H and O–H groups in total. The van der Waals surface area contributed by atoms with Crippen molar-refractivity contribution in [3.05, 3.63) is 389 Å². The Labute approximate surface area is 600 Å². The normalized spacial score (nSPS) is 11.8. The van der Waals surface area contributed by atoms with E-state index in [9.17, 15) is 42.2 Å². The molecule has 12 rings (SSSR count). The maximum absolute atomic E-state index is 14.5. The lowest BCUT2D eigenvalue weighted by Gasteiger charge is -2.19. The second kappa shape index (κ2) is 35.0. The molecule has 1 unspecified atom stereocenters. The lowest BCUT2D eigenvalue weighted by Crippen LogP contribution is -2.23. The molecule has 0 spiro atoms. The number of benzene rings is 12. The summed E-state index contributed by atoms with van der Waals surface area (Å²) in [4.78, 5) is 66.0. The van der Waals surface area contributed by atoms with Gasteiger partial charge in [0, 0.05) is 64.9 Å². The van der Waals surface area contributed by atoms with Gasteiger partial charge in [-0.15, -0.1) is 0 Å². The Bertz CT molecular complexity index is 4840. The third kappa shape index (κ3) is 18.1. The predicted octanol–water partition coefficient (Wildman–Crippen LogP) is 19.5. The summed E-state index contributed by atoms with van der Waals surface area (Å²) in [6.07, 6.45) is 1.92. The summed E-state index contributed by atoms with van der Waals surface area (Å²) in [5, 5.41) is 3.73. The fourth-order valence-corrected chi connectivity index (χ4v) is 21.1. The van der Waals surface area contributed by atoms with Crippen molar-refractivity contribution in [2.75, 3.05) is 0 Å². The summed E-state index contributed by atoms with van der Waals surface area (Å²) in [5.41, 5.74) is 6.45. The molecule has 0 saturated heterocycles. The van der Waals surface area contributed by atoms with E-state index >= 15 is 0 Å². The topological polar surface area (TPSA) is 154 Å². The van der Waals surface area contributed by atoms with E-state index in [2.05, 4.69) is 27.7 Å². The van der Waals surface area contributed by atoms with E-state index in [1.165, 1.54) is 11.1 Å². The highest BCUT2D eigenvalue weighted by Gasteiger charge is 2.43. The molecular formula is C89H84O9P4. The fraction of sp³-hybridized carbons (Fsp3) is 0.135. The van der Waals surface area contributed by atoms with Gasteiger partial charge in [-0.2, -0.15) is 0 Å². The first-order valence-corrected chi connectivity index (χ1v) is 40.7. The van der Waals surface area contributed by atoms with Gasteiger partial charge in [-0.3, -0.25) is 24.0 Å². The van der Waals surface area contributed by atoms with Gasteiger partial charge in [0.1, 0.15) is 0 Å². The van der Waals surface area contributed by atoms with Crippen LogP contribution in [0.25, 0.3) is 0 Å². The Hall–Kier alpha value is -10.1. The smallest absolute Gasteiger partial charge is 0.248 e. The summed E-state index contributed by atoms with van der Waals surface area (Å²) >= 11 is 0. The first-order valence-electron chi connectivity index (χ1n) is 33.9. The SMILES string of the molecule is Cc1ccc(C(=O)P(=O)(c2ccc(C)cc2)c2ccc(C)cc2)cc1.Cc1ccc(P(=O)(C(=O)c2ccc(CC(C)C)cc2)c2ccc(CC(C)C)cc2)cc1.O=C(c1ccccc1)P(=O)(C(=O)c1ccccc1)c1ccccc1.O=C(c1ccccc1)P(=O)(c1ccccc1)c1ccccc1. The highest BCUT2D eigenvalue weighted by Crippen LogP contribution is 2.52. The van der Waals surface area contributed by atoms with Crippen molar-refractivity contribution in [3.8, 4) is 0 Å². The van der Waals surface area contributed by atoms with Gasteiger partial charge in [0.25, 0.3) is 0 Å². The van der Waals surface area contributed by atoms with Gasteiger partial charge in [0.15, 0.2) is 0 Å². The van der Waals surface area contributed by atoms with Crippen LogP contribution in [-0.4, -0.2) is 27.6 Å². The molecule has 0 radical (unpaired) electrons. The van der Waals surface area contributed by atoms with E-state index in [1.807, 2.05) is 204 Å². The van der Waals surface area contributed by atoms with Crippen LogP contribution in [0.15, 0.2) is 328 Å². The minimum Gasteiger partial charge on any atom is -0.305 e. The van der Waals surface area contributed by atoms with Gasteiger partial charge < -0.3 is 18.3 Å². The molecule has 0 aliphatic carbocycles. The summed E-state index contributed by atoms with van der Waals surface area (Å²) in [6.45, 7) is 16.6. The molecule has 13 heteroatoms. The molecule has 9 nitrogen and oxygen atoms in total. The second-order valence-electron chi connectivity index (χ2n) is 26.0. The van der Waals surface area contributed by atoms with Gasteiger partial charge >= 0.3 is 0 Å². The highest BCUT2D eigenvalue weighted by molar-refractivity contribution is 8.01. The minimum absolute atomic E-state index is 0.257. The molecule has 0 aliphatic heterocycles. The summed E-state index contributed by atoms with van der Waals surface area (Å²) < 4.78 is 56.0.